The lowest BCUT2D eigenvalue weighted by Crippen LogP contribution is -2.27. The first kappa shape index (κ1) is 19.3. The number of anilines is 1. The highest BCUT2D eigenvalue weighted by Crippen LogP contribution is 2.40. The molecule has 0 atom stereocenters. The van der Waals surface area contributed by atoms with E-state index in [0.717, 1.165) is 30.9 Å². The summed E-state index contributed by atoms with van der Waals surface area (Å²) >= 11 is 6.55. The van der Waals surface area contributed by atoms with Gasteiger partial charge in [-0.15, -0.1) is 0 Å². The molecule has 0 radical (unpaired) electrons. The molecule has 0 bridgehead atoms. The molecule has 3 aromatic rings. The Morgan fingerprint density at radius 1 is 1.14 bits per heavy atom. The van der Waals surface area contributed by atoms with Crippen LogP contribution in [-0.4, -0.2) is 22.6 Å². The Labute approximate surface area is 173 Å². The lowest BCUT2D eigenvalue weighted by Gasteiger charge is -2.25. The van der Waals surface area contributed by atoms with E-state index in [2.05, 4.69) is 68.6 Å². The van der Waals surface area contributed by atoms with Crippen molar-refractivity contribution in [2.24, 2.45) is 13.0 Å². The maximum atomic E-state index is 6.55. The number of benzene rings is 1. The number of pyridine rings is 1. The second kappa shape index (κ2) is 7.44. The summed E-state index contributed by atoms with van der Waals surface area (Å²) in [6, 6.07) is 6.56. The third kappa shape index (κ3) is 3.53. The molecule has 0 spiro atoms. The smallest absolute Gasteiger partial charge is 0.132 e. The number of hydrogen-bond acceptors (Lipinski definition) is 2. The van der Waals surface area contributed by atoms with Crippen LogP contribution in [0.15, 0.2) is 24.4 Å². The largest absolute Gasteiger partial charge is 0.369 e. The third-order valence-corrected chi connectivity index (χ3v) is 6.02. The molecular weight excluding hydrogens is 366 g/mol. The van der Waals surface area contributed by atoms with Crippen molar-refractivity contribution in [2.75, 3.05) is 18.0 Å². The van der Waals surface area contributed by atoms with E-state index >= 15 is 0 Å². The fraction of sp³-hybridized carbons (Fsp3) is 0.458. The third-order valence-electron chi connectivity index (χ3n) is 5.83. The summed E-state index contributed by atoms with van der Waals surface area (Å²) in [5.74, 6) is 0.829. The molecular formula is C24H30ClN3. The van der Waals surface area contributed by atoms with Crippen LogP contribution < -0.4 is 4.90 Å². The molecule has 0 amide bonds. The first-order valence-electron chi connectivity index (χ1n) is 10.4. The van der Waals surface area contributed by atoms with Gasteiger partial charge in [-0.3, -0.25) is 0 Å². The summed E-state index contributed by atoms with van der Waals surface area (Å²) in [5.41, 5.74) is 9.75. The minimum absolute atomic E-state index is 0.578. The molecule has 2 heterocycles. The minimum Gasteiger partial charge on any atom is -0.369 e. The number of nitrogens with zero attached hydrogens (tertiary/aromatic N) is 3. The summed E-state index contributed by atoms with van der Waals surface area (Å²) in [6.07, 6.45) is 6.05. The molecule has 0 aliphatic heterocycles. The number of aryl methyl sites for hydroxylation is 4. The summed E-state index contributed by atoms with van der Waals surface area (Å²) < 4.78 is 2.23. The molecule has 4 heteroatoms. The number of fused-ring (bicyclic) bond motifs is 1. The van der Waals surface area contributed by atoms with Crippen molar-refractivity contribution < 1.29 is 0 Å². The maximum absolute atomic E-state index is 6.55. The standard InChI is InChI=1S/C24H30ClN3/c1-6-9-28(13-18-7-8-18)20-12-21(25)26-23-19(14-27(5)24(20)23)22-16(3)10-15(2)11-17(22)4/h10-12,14,18H,6-9,13H2,1-5H3. The highest BCUT2D eigenvalue weighted by Gasteiger charge is 2.27. The van der Waals surface area contributed by atoms with Gasteiger partial charge in [0.15, 0.2) is 0 Å². The predicted octanol–water partition coefficient (Wildman–Crippen LogP) is 6.45. The van der Waals surface area contributed by atoms with Crippen LogP contribution in [0.2, 0.25) is 5.15 Å². The molecule has 3 nitrogen and oxygen atoms in total. The Morgan fingerprint density at radius 3 is 2.43 bits per heavy atom. The number of hydrogen-bond donors (Lipinski definition) is 0. The van der Waals surface area contributed by atoms with Gasteiger partial charge in [-0.05, 0) is 62.6 Å². The molecule has 0 unspecified atom stereocenters. The van der Waals surface area contributed by atoms with Crippen molar-refractivity contribution in [1.82, 2.24) is 9.55 Å². The van der Waals surface area contributed by atoms with Crippen LogP contribution in [0.4, 0.5) is 5.69 Å². The lowest BCUT2D eigenvalue weighted by atomic mass is 9.95. The molecule has 1 aliphatic carbocycles. The number of rotatable bonds is 6. The molecule has 1 aliphatic rings. The van der Waals surface area contributed by atoms with E-state index in [0.29, 0.717) is 5.15 Å². The van der Waals surface area contributed by atoms with Gasteiger partial charge in [0.05, 0.1) is 16.7 Å². The zero-order chi connectivity index (χ0) is 20.0. The Bertz CT molecular complexity index is 1010. The van der Waals surface area contributed by atoms with E-state index in [1.807, 2.05) is 0 Å². The SMILES string of the molecule is CCCN(CC1CC1)c1cc(Cl)nc2c(-c3c(C)cc(C)cc3C)cn(C)c12. The molecule has 148 valence electrons. The van der Waals surface area contributed by atoms with Gasteiger partial charge in [0.25, 0.3) is 0 Å². The molecule has 0 N–H and O–H groups in total. The van der Waals surface area contributed by atoms with Crippen LogP contribution in [-0.2, 0) is 7.05 Å². The van der Waals surface area contributed by atoms with Gasteiger partial charge < -0.3 is 9.47 Å². The molecule has 0 saturated heterocycles. The molecule has 28 heavy (non-hydrogen) atoms. The zero-order valence-electron chi connectivity index (χ0n) is 17.6. The van der Waals surface area contributed by atoms with Crippen molar-refractivity contribution in [1.29, 1.82) is 0 Å². The molecule has 1 saturated carbocycles. The van der Waals surface area contributed by atoms with Gasteiger partial charge in [0.2, 0.25) is 0 Å². The summed E-state index contributed by atoms with van der Waals surface area (Å²) in [7, 11) is 2.13. The van der Waals surface area contributed by atoms with Gasteiger partial charge in [0.1, 0.15) is 5.15 Å². The van der Waals surface area contributed by atoms with Crippen LogP contribution in [0.1, 0.15) is 42.9 Å². The van der Waals surface area contributed by atoms with Crippen molar-refractivity contribution in [3.05, 3.63) is 46.2 Å². The highest BCUT2D eigenvalue weighted by molar-refractivity contribution is 6.30. The monoisotopic (exact) mass is 395 g/mol. The van der Waals surface area contributed by atoms with Crippen LogP contribution in [0.3, 0.4) is 0 Å². The molecule has 4 rings (SSSR count). The molecule has 1 fully saturated rings. The number of aromatic nitrogens is 2. The van der Waals surface area contributed by atoms with E-state index in [-0.39, 0.29) is 0 Å². The first-order valence-corrected chi connectivity index (χ1v) is 10.8. The van der Waals surface area contributed by atoms with E-state index in [1.165, 1.54) is 51.9 Å². The average Bonchev–Trinajstić information content (AvgIpc) is 3.37. The Hall–Kier alpha value is -2.00. The van der Waals surface area contributed by atoms with Gasteiger partial charge in [-0.25, -0.2) is 4.98 Å². The lowest BCUT2D eigenvalue weighted by molar-refractivity contribution is 0.708. The fourth-order valence-corrected chi connectivity index (χ4v) is 4.76. The maximum Gasteiger partial charge on any atom is 0.132 e. The molecule has 1 aromatic carbocycles. The van der Waals surface area contributed by atoms with Gasteiger partial charge in [-0.2, -0.15) is 0 Å². The van der Waals surface area contributed by atoms with Gasteiger partial charge >= 0.3 is 0 Å². The van der Waals surface area contributed by atoms with Crippen molar-refractivity contribution in [3.8, 4) is 11.1 Å². The average molecular weight is 396 g/mol. The summed E-state index contributed by atoms with van der Waals surface area (Å²) in [4.78, 5) is 7.31. The van der Waals surface area contributed by atoms with E-state index in [1.54, 1.807) is 0 Å². The van der Waals surface area contributed by atoms with E-state index < -0.39 is 0 Å². The van der Waals surface area contributed by atoms with E-state index in [4.69, 9.17) is 16.6 Å². The van der Waals surface area contributed by atoms with Crippen LogP contribution in [0.5, 0.6) is 0 Å². The van der Waals surface area contributed by atoms with Crippen LogP contribution in [0, 0.1) is 26.7 Å². The van der Waals surface area contributed by atoms with Gasteiger partial charge in [0, 0.05) is 38.0 Å². The van der Waals surface area contributed by atoms with Crippen molar-refractivity contribution in [2.45, 2.75) is 47.0 Å². The second-order valence-corrected chi connectivity index (χ2v) is 8.87. The Kier molecular flexibility index (Phi) is 5.13. The second-order valence-electron chi connectivity index (χ2n) is 8.48. The predicted molar refractivity (Wildman–Crippen MR) is 121 cm³/mol. The van der Waals surface area contributed by atoms with E-state index in [9.17, 15) is 0 Å². The first-order chi connectivity index (χ1) is 13.4. The molecule has 2 aromatic heterocycles. The topological polar surface area (TPSA) is 21.1 Å². The Balaban J connectivity index is 1.93. The normalized spacial score (nSPS) is 14.1. The quantitative estimate of drug-likeness (QED) is 0.447. The van der Waals surface area contributed by atoms with Crippen molar-refractivity contribution in [3.63, 3.8) is 0 Å². The Morgan fingerprint density at radius 2 is 1.82 bits per heavy atom. The van der Waals surface area contributed by atoms with Gasteiger partial charge in [-0.1, -0.05) is 36.2 Å². The zero-order valence-corrected chi connectivity index (χ0v) is 18.4. The highest BCUT2D eigenvalue weighted by atomic mass is 35.5. The van der Waals surface area contributed by atoms with Crippen LogP contribution >= 0.6 is 11.6 Å². The fourth-order valence-electron chi connectivity index (χ4n) is 4.57. The van der Waals surface area contributed by atoms with Crippen LogP contribution in [0.25, 0.3) is 22.2 Å². The van der Waals surface area contributed by atoms with Crippen molar-refractivity contribution >= 4 is 28.3 Å². The minimum atomic E-state index is 0.578. The number of halogens is 1. The summed E-state index contributed by atoms with van der Waals surface area (Å²) in [5, 5.41) is 0.578. The summed E-state index contributed by atoms with van der Waals surface area (Å²) in [6.45, 7) is 10.9.